The second-order valence-corrected chi connectivity index (χ2v) is 7.56. The van der Waals surface area contributed by atoms with Crippen LogP contribution in [0.4, 0.5) is 13.9 Å². The van der Waals surface area contributed by atoms with Gasteiger partial charge in [0.2, 0.25) is 0 Å². The number of esters is 1. The molecule has 1 aliphatic rings. The Hall–Kier alpha value is -3.07. The van der Waals surface area contributed by atoms with Gasteiger partial charge in [0, 0.05) is 11.5 Å². The number of fused-ring (bicyclic) bond motifs is 2. The van der Waals surface area contributed by atoms with E-state index in [1.54, 1.807) is 6.07 Å². The molecule has 0 N–H and O–H groups in total. The van der Waals surface area contributed by atoms with Crippen LogP contribution in [0.5, 0.6) is 0 Å². The van der Waals surface area contributed by atoms with Crippen LogP contribution in [0.15, 0.2) is 40.9 Å². The summed E-state index contributed by atoms with van der Waals surface area (Å²) in [5, 5.41) is 5.30. The molecule has 0 amide bonds. The molecule has 1 fully saturated rings. The zero-order chi connectivity index (χ0) is 19.3. The van der Waals surface area contributed by atoms with E-state index in [9.17, 15) is 13.6 Å². The van der Waals surface area contributed by atoms with E-state index in [4.69, 9.17) is 9.26 Å². The molecule has 0 atom stereocenters. The second kappa shape index (κ2) is 6.52. The van der Waals surface area contributed by atoms with Crippen LogP contribution < -0.4 is 4.90 Å². The molecule has 1 saturated heterocycles. The summed E-state index contributed by atoms with van der Waals surface area (Å²) >= 11 is 1.21. The normalized spacial score (nSPS) is 14.6. The smallest absolute Gasteiger partial charge is 0.312 e. The molecule has 0 bridgehead atoms. The number of halogens is 2. The quantitative estimate of drug-likeness (QED) is 0.486. The lowest BCUT2D eigenvalue weighted by Gasteiger charge is -2.38. The zero-order valence-electron chi connectivity index (χ0n) is 14.4. The maximum absolute atomic E-state index is 13.8. The van der Waals surface area contributed by atoms with Crippen molar-refractivity contribution in [1.29, 1.82) is 0 Å². The summed E-state index contributed by atoms with van der Waals surface area (Å²) in [7, 11) is 0. The molecule has 4 aromatic rings. The topological polar surface area (TPSA) is 68.5 Å². The van der Waals surface area contributed by atoms with Crippen molar-refractivity contribution in [3.05, 3.63) is 53.7 Å². The Kier molecular flexibility index (Phi) is 3.97. The van der Waals surface area contributed by atoms with Crippen LogP contribution in [0.2, 0.25) is 0 Å². The van der Waals surface area contributed by atoms with E-state index in [2.05, 4.69) is 10.1 Å². The summed E-state index contributed by atoms with van der Waals surface area (Å²) in [6.45, 7) is 0.907. The Bertz CT molecular complexity index is 1200. The summed E-state index contributed by atoms with van der Waals surface area (Å²) in [6.07, 6.45) is -0.252. The third kappa shape index (κ3) is 2.97. The highest BCUT2D eigenvalue weighted by Gasteiger charge is 2.32. The number of hydrogen-bond donors (Lipinski definition) is 0. The lowest BCUT2D eigenvalue weighted by atomic mass is 10.1. The van der Waals surface area contributed by atoms with Crippen LogP contribution in [0.3, 0.4) is 0 Å². The monoisotopic (exact) mass is 401 g/mol. The lowest BCUT2D eigenvalue weighted by molar-refractivity contribution is -0.149. The second-order valence-electron chi connectivity index (χ2n) is 6.55. The summed E-state index contributed by atoms with van der Waals surface area (Å²) in [5.74, 6) is -1.70. The number of aromatic nitrogens is 2. The van der Waals surface area contributed by atoms with E-state index in [-0.39, 0.29) is 24.0 Å². The van der Waals surface area contributed by atoms with Crippen molar-refractivity contribution in [2.75, 3.05) is 18.0 Å². The Morgan fingerprint density at radius 1 is 1.29 bits per heavy atom. The highest BCUT2D eigenvalue weighted by molar-refractivity contribution is 7.22. The van der Waals surface area contributed by atoms with Crippen LogP contribution in [0, 0.1) is 11.6 Å². The minimum absolute atomic E-state index is 0.0269. The number of rotatable bonds is 4. The number of nitrogens with zero attached hydrogens (tertiary/aromatic N) is 3. The number of anilines is 1. The van der Waals surface area contributed by atoms with E-state index in [1.807, 2.05) is 23.1 Å². The first-order valence-electron chi connectivity index (χ1n) is 8.60. The van der Waals surface area contributed by atoms with Crippen LogP contribution in [-0.4, -0.2) is 35.3 Å². The number of benzene rings is 2. The molecule has 1 aliphatic heterocycles. The SMILES string of the molecule is O=C(Cc1noc2ccccc12)OC1CN(c2nc3c(F)cc(F)cc3s2)C1. The predicted octanol–water partition coefficient (Wildman–Crippen LogP) is 3.69. The summed E-state index contributed by atoms with van der Waals surface area (Å²) in [6, 6.07) is 9.40. The fourth-order valence-electron chi connectivity index (χ4n) is 3.18. The molecule has 6 nitrogen and oxygen atoms in total. The van der Waals surface area contributed by atoms with E-state index in [0.717, 1.165) is 11.5 Å². The number of thiazole rings is 1. The van der Waals surface area contributed by atoms with Gasteiger partial charge in [-0.15, -0.1) is 0 Å². The van der Waals surface area contributed by atoms with E-state index < -0.39 is 11.6 Å². The van der Waals surface area contributed by atoms with Crippen LogP contribution in [-0.2, 0) is 16.0 Å². The van der Waals surface area contributed by atoms with Gasteiger partial charge < -0.3 is 14.2 Å². The van der Waals surface area contributed by atoms with Gasteiger partial charge in [-0.1, -0.05) is 28.6 Å². The van der Waals surface area contributed by atoms with Crippen molar-refractivity contribution in [3.8, 4) is 0 Å². The molecule has 2 aromatic heterocycles. The van der Waals surface area contributed by atoms with Gasteiger partial charge in [0.25, 0.3) is 0 Å². The molecule has 9 heteroatoms. The van der Waals surface area contributed by atoms with E-state index >= 15 is 0 Å². The van der Waals surface area contributed by atoms with Gasteiger partial charge in [-0.3, -0.25) is 4.79 Å². The molecule has 0 unspecified atom stereocenters. The third-order valence-corrected chi connectivity index (χ3v) is 5.65. The first-order valence-corrected chi connectivity index (χ1v) is 9.42. The third-order valence-electron chi connectivity index (χ3n) is 4.58. The van der Waals surface area contributed by atoms with Gasteiger partial charge >= 0.3 is 5.97 Å². The lowest BCUT2D eigenvalue weighted by Crippen LogP contribution is -2.53. The van der Waals surface area contributed by atoms with Gasteiger partial charge in [0.1, 0.15) is 23.1 Å². The molecule has 142 valence electrons. The molecular formula is C19H13F2N3O3S. The van der Waals surface area contributed by atoms with Crippen LogP contribution in [0.1, 0.15) is 5.69 Å². The van der Waals surface area contributed by atoms with Crippen LogP contribution >= 0.6 is 11.3 Å². The Morgan fingerprint density at radius 2 is 2.11 bits per heavy atom. The minimum atomic E-state index is -0.680. The summed E-state index contributed by atoms with van der Waals surface area (Å²) in [5.41, 5.74) is 1.32. The average molecular weight is 401 g/mol. The number of para-hydroxylation sites is 1. The number of carbonyl (C=O) groups is 1. The molecule has 0 saturated carbocycles. The molecular weight excluding hydrogens is 388 g/mol. The highest BCUT2D eigenvalue weighted by atomic mass is 32.1. The van der Waals surface area contributed by atoms with Crippen molar-refractivity contribution in [1.82, 2.24) is 10.1 Å². The fraction of sp³-hybridized carbons (Fsp3) is 0.211. The van der Waals surface area contributed by atoms with Crippen molar-refractivity contribution < 1.29 is 22.8 Å². The molecule has 0 aliphatic carbocycles. The average Bonchev–Trinajstić information content (AvgIpc) is 3.22. The van der Waals surface area contributed by atoms with Crippen molar-refractivity contribution >= 4 is 43.6 Å². The fourth-order valence-corrected chi connectivity index (χ4v) is 4.20. The van der Waals surface area contributed by atoms with Gasteiger partial charge in [-0.05, 0) is 18.2 Å². The maximum atomic E-state index is 13.8. The summed E-state index contributed by atoms with van der Waals surface area (Å²) in [4.78, 5) is 18.3. The van der Waals surface area contributed by atoms with E-state index in [1.165, 1.54) is 17.4 Å². The van der Waals surface area contributed by atoms with E-state index in [0.29, 0.717) is 34.2 Å². The first-order chi connectivity index (χ1) is 13.6. The highest BCUT2D eigenvalue weighted by Crippen LogP contribution is 2.33. The van der Waals surface area contributed by atoms with Gasteiger partial charge in [0.15, 0.2) is 16.5 Å². The number of carbonyl (C=O) groups excluding carboxylic acids is 1. The van der Waals surface area contributed by atoms with Crippen molar-refractivity contribution in [3.63, 3.8) is 0 Å². The van der Waals surface area contributed by atoms with Crippen molar-refractivity contribution in [2.45, 2.75) is 12.5 Å². The number of hydrogen-bond acceptors (Lipinski definition) is 7. The Balaban J connectivity index is 1.21. The Labute approximate surface area is 161 Å². The first kappa shape index (κ1) is 17.1. The molecule has 3 heterocycles. The molecule has 5 rings (SSSR count). The minimum Gasteiger partial charge on any atom is -0.458 e. The molecule has 0 spiro atoms. The Morgan fingerprint density at radius 3 is 2.96 bits per heavy atom. The molecule has 28 heavy (non-hydrogen) atoms. The standard InChI is InChI=1S/C19H13F2N3O3S/c20-10-5-13(21)18-16(6-10)28-19(22-18)24-8-11(9-24)26-17(25)7-14-12-3-1-2-4-15(12)27-23-14/h1-6,11H,7-9H2. The van der Waals surface area contributed by atoms with Gasteiger partial charge in [-0.25, -0.2) is 13.8 Å². The van der Waals surface area contributed by atoms with Crippen LogP contribution in [0.25, 0.3) is 21.2 Å². The van der Waals surface area contributed by atoms with Crippen molar-refractivity contribution in [2.24, 2.45) is 0 Å². The largest absolute Gasteiger partial charge is 0.458 e. The van der Waals surface area contributed by atoms with Gasteiger partial charge in [0.05, 0.1) is 24.2 Å². The molecule has 2 aromatic carbocycles. The van der Waals surface area contributed by atoms with Gasteiger partial charge in [-0.2, -0.15) is 0 Å². The summed E-state index contributed by atoms with van der Waals surface area (Å²) < 4.78 is 38.2. The molecule has 0 radical (unpaired) electrons. The predicted molar refractivity (Wildman–Crippen MR) is 99.3 cm³/mol. The maximum Gasteiger partial charge on any atom is 0.312 e. The zero-order valence-corrected chi connectivity index (χ0v) is 15.2. The number of ether oxygens (including phenoxy) is 1.